The van der Waals surface area contributed by atoms with E-state index in [4.69, 9.17) is 16.3 Å². The van der Waals surface area contributed by atoms with E-state index in [2.05, 4.69) is 44.2 Å². The Morgan fingerprint density at radius 1 is 0.679 bits per heavy atom. The van der Waals surface area contributed by atoms with Crippen molar-refractivity contribution in [2.24, 2.45) is 0 Å². The fourth-order valence-corrected chi connectivity index (χ4v) is 3.70. The lowest BCUT2D eigenvalue weighted by atomic mass is 10.0. The zero-order chi connectivity index (χ0) is 20.0. The molecule has 0 spiro atoms. The molecular formula is C26H37ClO. The number of halogens is 1. The first-order chi connectivity index (χ1) is 13.7. The summed E-state index contributed by atoms with van der Waals surface area (Å²) in [5.74, 6) is 0.799. The van der Waals surface area contributed by atoms with E-state index in [1.807, 2.05) is 12.1 Å². The molecule has 154 valence electrons. The highest BCUT2D eigenvalue weighted by molar-refractivity contribution is 6.32. The van der Waals surface area contributed by atoms with Crippen LogP contribution >= 0.6 is 11.6 Å². The summed E-state index contributed by atoms with van der Waals surface area (Å²) in [6, 6.07) is 15.0. The Morgan fingerprint density at radius 3 is 1.93 bits per heavy atom. The predicted octanol–water partition coefficient (Wildman–Crippen LogP) is 8.87. The summed E-state index contributed by atoms with van der Waals surface area (Å²) < 4.78 is 5.90. The second-order valence-electron chi connectivity index (χ2n) is 7.77. The molecule has 0 saturated heterocycles. The van der Waals surface area contributed by atoms with E-state index in [9.17, 15) is 0 Å². The molecule has 0 heterocycles. The van der Waals surface area contributed by atoms with Crippen LogP contribution in [0, 0.1) is 0 Å². The number of aryl methyl sites for hydroxylation is 1. The summed E-state index contributed by atoms with van der Waals surface area (Å²) in [5.41, 5.74) is 3.75. The topological polar surface area (TPSA) is 9.23 Å². The smallest absolute Gasteiger partial charge is 0.137 e. The maximum Gasteiger partial charge on any atom is 0.137 e. The highest BCUT2D eigenvalue weighted by Gasteiger charge is 2.05. The van der Waals surface area contributed by atoms with Gasteiger partial charge in [-0.3, -0.25) is 0 Å². The average molecular weight is 401 g/mol. The zero-order valence-electron chi connectivity index (χ0n) is 17.8. The monoisotopic (exact) mass is 400 g/mol. The average Bonchev–Trinajstić information content (AvgIpc) is 2.72. The first-order valence-electron chi connectivity index (χ1n) is 11.3. The Balaban J connectivity index is 1.74. The van der Waals surface area contributed by atoms with Crippen molar-refractivity contribution in [2.75, 3.05) is 6.61 Å². The third-order valence-electron chi connectivity index (χ3n) is 5.29. The van der Waals surface area contributed by atoms with E-state index in [0.717, 1.165) is 30.8 Å². The number of hydrogen-bond donors (Lipinski definition) is 0. The van der Waals surface area contributed by atoms with Crippen LogP contribution in [0.1, 0.15) is 83.6 Å². The third-order valence-corrected chi connectivity index (χ3v) is 5.59. The lowest BCUT2D eigenvalue weighted by Gasteiger charge is -2.10. The van der Waals surface area contributed by atoms with Crippen LogP contribution in [0.25, 0.3) is 11.1 Å². The molecule has 1 nitrogen and oxygen atoms in total. The van der Waals surface area contributed by atoms with Crippen LogP contribution in [0.5, 0.6) is 5.75 Å². The van der Waals surface area contributed by atoms with Crippen molar-refractivity contribution < 1.29 is 4.74 Å². The van der Waals surface area contributed by atoms with Crippen LogP contribution in [-0.4, -0.2) is 6.61 Å². The van der Waals surface area contributed by atoms with Gasteiger partial charge >= 0.3 is 0 Å². The first-order valence-corrected chi connectivity index (χ1v) is 11.6. The van der Waals surface area contributed by atoms with Crippen LogP contribution < -0.4 is 4.74 Å². The van der Waals surface area contributed by atoms with Gasteiger partial charge in [-0.1, -0.05) is 107 Å². The molecule has 0 radical (unpaired) electrons. The lowest BCUT2D eigenvalue weighted by molar-refractivity contribution is 0.304. The number of rotatable bonds is 14. The molecule has 2 aromatic rings. The van der Waals surface area contributed by atoms with Gasteiger partial charge in [-0.25, -0.2) is 0 Å². The molecule has 0 fully saturated rings. The number of ether oxygens (including phenoxy) is 1. The molecule has 0 N–H and O–H groups in total. The molecule has 0 bridgehead atoms. The Hall–Kier alpha value is -1.47. The minimum absolute atomic E-state index is 0.701. The normalized spacial score (nSPS) is 11.0. The SMILES string of the molecule is CCCCCCCCCCOc1ccc(-c2ccc(CCCC)cc2)cc1Cl. The summed E-state index contributed by atoms with van der Waals surface area (Å²) in [7, 11) is 0. The van der Waals surface area contributed by atoms with E-state index in [1.54, 1.807) is 0 Å². The Bertz CT molecular complexity index is 663. The van der Waals surface area contributed by atoms with E-state index < -0.39 is 0 Å². The largest absolute Gasteiger partial charge is 0.492 e. The quantitative estimate of drug-likeness (QED) is 0.287. The minimum Gasteiger partial charge on any atom is -0.492 e. The molecule has 0 unspecified atom stereocenters. The van der Waals surface area contributed by atoms with E-state index in [-0.39, 0.29) is 0 Å². The predicted molar refractivity (Wildman–Crippen MR) is 124 cm³/mol. The molecule has 0 aromatic heterocycles. The van der Waals surface area contributed by atoms with Crippen molar-refractivity contribution in [3.63, 3.8) is 0 Å². The fraction of sp³-hybridized carbons (Fsp3) is 0.538. The molecule has 0 saturated carbocycles. The van der Waals surface area contributed by atoms with Crippen LogP contribution in [0.2, 0.25) is 5.02 Å². The van der Waals surface area contributed by atoms with Gasteiger partial charge in [0.25, 0.3) is 0 Å². The summed E-state index contributed by atoms with van der Waals surface area (Å²) in [6.07, 6.45) is 14.1. The van der Waals surface area contributed by atoms with E-state index in [1.165, 1.54) is 68.9 Å². The molecule has 0 aliphatic rings. The van der Waals surface area contributed by atoms with Gasteiger partial charge in [-0.2, -0.15) is 0 Å². The van der Waals surface area contributed by atoms with Crippen molar-refractivity contribution in [2.45, 2.75) is 84.5 Å². The Kier molecular flexibility index (Phi) is 11.1. The standard InChI is InChI=1S/C26H37ClO/c1-3-5-7-8-9-10-11-12-20-28-26-19-18-24(21-25(26)27)23-16-14-22(15-17-23)13-6-4-2/h14-19,21H,3-13,20H2,1-2H3. The van der Waals surface area contributed by atoms with Crippen molar-refractivity contribution in [3.05, 3.63) is 53.1 Å². The third kappa shape index (κ3) is 8.27. The zero-order valence-corrected chi connectivity index (χ0v) is 18.6. The number of benzene rings is 2. The van der Waals surface area contributed by atoms with Crippen LogP contribution in [0.3, 0.4) is 0 Å². The molecule has 0 aliphatic carbocycles. The second kappa shape index (κ2) is 13.7. The molecule has 2 aromatic carbocycles. The fourth-order valence-electron chi connectivity index (χ4n) is 3.46. The van der Waals surface area contributed by atoms with Gasteiger partial charge < -0.3 is 4.74 Å². The molecule has 0 amide bonds. The minimum atomic E-state index is 0.701. The van der Waals surface area contributed by atoms with Crippen LogP contribution in [-0.2, 0) is 6.42 Å². The molecule has 0 aliphatic heterocycles. The van der Waals surface area contributed by atoms with Crippen molar-refractivity contribution in [1.82, 2.24) is 0 Å². The summed E-state index contributed by atoms with van der Waals surface area (Å²) >= 11 is 6.47. The van der Waals surface area contributed by atoms with Gasteiger partial charge in [0.15, 0.2) is 0 Å². The van der Waals surface area contributed by atoms with Gasteiger partial charge in [0.05, 0.1) is 11.6 Å². The molecule has 0 atom stereocenters. The summed E-state index contributed by atoms with van der Waals surface area (Å²) in [5, 5.41) is 0.701. The highest BCUT2D eigenvalue weighted by Crippen LogP contribution is 2.31. The van der Waals surface area contributed by atoms with Crippen LogP contribution in [0.4, 0.5) is 0 Å². The van der Waals surface area contributed by atoms with E-state index >= 15 is 0 Å². The second-order valence-corrected chi connectivity index (χ2v) is 8.18. The first kappa shape index (κ1) is 22.8. The number of hydrogen-bond acceptors (Lipinski definition) is 1. The van der Waals surface area contributed by atoms with Crippen LogP contribution in [0.15, 0.2) is 42.5 Å². The van der Waals surface area contributed by atoms with Gasteiger partial charge in [0.1, 0.15) is 5.75 Å². The Labute approximate surface area is 177 Å². The Morgan fingerprint density at radius 2 is 1.29 bits per heavy atom. The molecular weight excluding hydrogens is 364 g/mol. The molecule has 2 heteroatoms. The number of unbranched alkanes of at least 4 members (excludes halogenated alkanes) is 8. The highest BCUT2D eigenvalue weighted by atomic mass is 35.5. The van der Waals surface area contributed by atoms with Crippen molar-refractivity contribution in [1.29, 1.82) is 0 Å². The van der Waals surface area contributed by atoms with Crippen molar-refractivity contribution in [3.8, 4) is 16.9 Å². The molecule has 28 heavy (non-hydrogen) atoms. The van der Waals surface area contributed by atoms with Gasteiger partial charge in [-0.05, 0) is 48.1 Å². The summed E-state index contributed by atoms with van der Waals surface area (Å²) in [6.45, 7) is 5.24. The van der Waals surface area contributed by atoms with Gasteiger partial charge in [0, 0.05) is 0 Å². The maximum atomic E-state index is 6.47. The van der Waals surface area contributed by atoms with Gasteiger partial charge in [-0.15, -0.1) is 0 Å². The molecule has 2 rings (SSSR count). The van der Waals surface area contributed by atoms with Gasteiger partial charge in [0.2, 0.25) is 0 Å². The lowest BCUT2D eigenvalue weighted by Crippen LogP contribution is -1.98. The van der Waals surface area contributed by atoms with Crippen molar-refractivity contribution >= 4 is 11.6 Å². The maximum absolute atomic E-state index is 6.47. The summed E-state index contributed by atoms with van der Waals surface area (Å²) in [4.78, 5) is 0. The van der Waals surface area contributed by atoms with E-state index in [0.29, 0.717) is 5.02 Å².